The molecule has 7 heteroatoms. The number of methoxy groups -OCH3 is 1. The minimum absolute atomic E-state index is 0.0520. The van der Waals surface area contributed by atoms with Crippen molar-refractivity contribution in [3.63, 3.8) is 0 Å². The maximum Gasteiger partial charge on any atom is 0.245 e. The second kappa shape index (κ2) is 6.82. The first-order valence-electron chi connectivity index (χ1n) is 8.57. The molecule has 1 saturated carbocycles. The number of amides is 1. The van der Waals surface area contributed by atoms with E-state index in [4.69, 9.17) is 4.74 Å². The highest BCUT2D eigenvalue weighted by molar-refractivity contribution is 5.76. The van der Waals surface area contributed by atoms with Gasteiger partial charge >= 0.3 is 0 Å². The van der Waals surface area contributed by atoms with Crippen molar-refractivity contribution in [3.8, 4) is 5.75 Å². The van der Waals surface area contributed by atoms with Crippen molar-refractivity contribution in [2.24, 2.45) is 0 Å². The first-order valence-corrected chi connectivity index (χ1v) is 8.57. The molecule has 134 valence electrons. The largest absolute Gasteiger partial charge is 0.497 e. The number of hydrogen-bond acceptors (Lipinski definition) is 5. The average molecular weight is 343 g/mol. The third-order valence-corrected chi connectivity index (χ3v) is 4.31. The monoisotopic (exact) mass is 343 g/mol. The normalized spacial score (nSPS) is 14.4. The second-order valence-electron chi connectivity index (χ2n) is 7.51. The molecule has 3 rings (SSSR count). The van der Waals surface area contributed by atoms with Crippen LogP contribution in [0.3, 0.4) is 0 Å². The summed E-state index contributed by atoms with van der Waals surface area (Å²) in [5, 5.41) is 11.8. The standard InChI is InChI=1S/C18H25N5O2/c1-18(2,3)17-19-20-21-23(17)12-16(24)22(14-7-8-14)11-13-5-9-15(25-4)10-6-13/h5-6,9-10,14H,7-8,11-12H2,1-4H3. The molecule has 0 radical (unpaired) electrons. The molecule has 1 fully saturated rings. The highest BCUT2D eigenvalue weighted by Gasteiger charge is 2.33. The van der Waals surface area contributed by atoms with Gasteiger partial charge in [-0.2, -0.15) is 0 Å². The summed E-state index contributed by atoms with van der Waals surface area (Å²) in [6.07, 6.45) is 2.12. The van der Waals surface area contributed by atoms with Crippen LogP contribution < -0.4 is 4.74 Å². The summed E-state index contributed by atoms with van der Waals surface area (Å²) in [5.74, 6) is 1.59. The Morgan fingerprint density at radius 3 is 2.52 bits per heavy atom. The van der Waals surface area contributed by atoms with Gasteiger partial charge in [-0.05, 0) is 41.0 Å². The molecule has 7 nitrogen and oxygen atoms in total. The number of rotatable bonds is 6. The number of nitrogens with zero attached hydrogens (tertiary/aromatic N) is 5. The van der Waals surface area contributed by atoms with Gasteiger partial charge in [0.05, 0.1) is 7.11 Å². The number of hydrogen-bond donors (Lipinski definition) is 0. The van der Waals surface area contributed by atoms with Crippen molar-refractivity contribution >= 4 is 5.91 Å². The van der Waals surface area contributed by atoms with Crippen LogP contribution in [0.1, 0.15) is 45.0 Å². The van der Waals surface area contributed by atoms with Gasteiger partial charge in [0.25, 0.3) is 0 Å². The molecule has 0 bridgehead atoms. The van der Waals surface area contributed by atoms with E-state index in [1.165, 1.54) is 0 Å². The van der Waals surface area contributed by atoms with Crippen molar-refractivity contribution in [2.45, 2.75) is 58.2 Å². The number of carbonyl (C=O) groups excluding carboxylic acids is 1. The number of ether oxygens (including phenoxy) is 1. The van der Waals surface area contributed by atoms with E-state index in [1.54, 1.807) is 11.8 Å². The van der Waals surface area contributed by atoms with Crippen LogP contribution in [0.15, 0.2) is 24.3 Å². The van der Waals surface area contributed by atoms with Gasteiger partial charge in [-0.25, -0.2) is 4.68 Å². The second-order valence-corrected chi connectivity index (χ2v) is 7.51. The van der Waals surface area contributed by atoms with E-state index in [-0.39, 0.29) is 17.9 Å². The number of aromatic nitrogens is 4. The average Bonchev–Trinajstić information content (AvgIpc) is 3.30. The van der Waals surface area contributed by atoms with E-state index in [0.717, 1.165) is 30.0 Å². The molecule has 0 spiro atoms. The molecule has 1 aromatic carbocycles. The van der Waals surface area contributed by atoms with Crippen molar-refractivity contribution in [1.29, 1.82) is 0 Å². The fraction of sp³-hybridized carbons (Fsp3) is 0.556. The van der Waals surface area contributed by atoms with Crippen LogP contribution in [0.4, 0.5) is 0 Å². The van der Waals surface area contributed by atoms with Crippen LogP contribution in [0.25, 0.3) is 0 Å². The summed E-state index contributed by atoms with van der Waals surface area (Å²) < 4.78 is 6.81. The van der Waals surface area contributed by atoms with Gasteiger partial charge < -0.3 is 9.64 Å². The third kappa shape index (κ3) is 4.15. The minimum Gasteiger partial charge on any atom is -0.497 e. The molecule has 0 N–H and O–H groups in total. The fourth-order valence-corrected chi connectivity index (χ4v) is 2.80. The molecular formula is C18H25N5O2. The van der Waals surface area contributed by atoms with E-state index in [9.17, 15) is 4.79 Å². The molecule has 1 aromatic heterocycles. The SMILES string of the molecule is COc1ccc(CN(C(=O)Cn2nnnc2C(C)(C)C)C2CC2)cc1. The maximum absolute atomic E-state index is 12.9. The van der Waals surface area contributed by atoms with Gasteiger partial charge in [-0.1, -0.05) is 32.9 Å². The number of carbonyl (C=O) groups is 1. The van der Waals surface area contributed by atoms with Crippen molar-refractivity contribution < 1.29 is 9.53 Å². The molecule has 2 aromatic rings. The maximum atomic E-state index is 12.9. The number of benzene rings is 1. The molecule has 25 heavy (non-hydrogen) atoms. The fourth-order valence-electron chi connectivity index (χ4n) is 2.80. The molecule has 1 aliphatic rings. The van der Waals surface area contributed by atoms with Crippen LogP contribution in [0, 0.1) is 0 Å². The highest BCUT2D eigenvalue weighted by Crippen LogP contribution is 2.29. The Balaban J connectivity index is 1.72. The topological polar surface area (TPSA) is 73.1 Å². The summed E-state index contributed by atoms with van der Waals surface area (Å²) in [6.45, 7) is 6.88. The first kappa shape index (κ1) is 17.4. The quantitative estimate of drug-likeness (QED) is 0.804. The molecule has 1 amide bonds. The lowest BCUT2D eigenvalue weighted by Gasteiger charge is -2.24. The van der Waals surface area contributed by atoms with Gasteiger partial charge in [0, 0.05) is 18.0 Å². The van der Waals surface area contributed by atoms with Crippen molar-refractivity contribution in [2.75, 3.05) is 7.11 Å². The van der Waals surface area contributed by atoms with Gasteiger partial charge in [0.15, 0.2) is 5.82 Å². The lowest BCUT2D eigenvalue weighted by atomic mass is 9.96. The van der Waals surface area contributed by atoms with Crippen molar-refractivity contribution in [1.82, 2.24) is 25.1 Å². The Bertz CT molecular complexity index is 729. The molecule has 0 saturated heterocycles. The lowest BCUT2D eigenvalue weighted by molar-refractivity contribution is -0.133. The van der Waals surface area contributed by atoms with E-state index in [1.807, 2.05) is 49.9 Å². The smallest absolute Gasteiger partial charge is 0.245 e. The minimum atomic E-state index is -0.204. The third-order valence-electron chi connectivity index (χ3n) is 4.31. The molecular weight excluding hydrogens is 318 g/mol. The van der Waals surface area contributed by atoms with E-state index < -0.39 is 0 Å². The van der Waals surface area contributed by atoms with Gasteiger partial charge in [0.1, 0.15) is 12.3 Å². The van der Waals surface area contributed by atoms with Crippen LogP contribution in [-0.2, 0) is 23.3 Å². The van der Waals surface area contributed by atoms with Gasteiger partial charge in [0.2, 0.25) is 5.91 Å². The van der Waals surface area contributed by atoms with Crippen LogP contribution in [0.2, 0.25) is 0 Å². The van der Waals surface area contributed by atoms with E-state index in [0.29, 0.717) is 12.6 Å². The Kier molecular flexibility index (Phi) is 4.74. The Morgan fingerprint density at radius 1 is 1.28 bits per heavy atom. The molecule has 1 heterocycles. The molecule has 1 aliphatic carbocycles. The first-order chi connectivity index (χ1) is 11.9. The van der Waals surface area contributed by atoms with Gasteiger partial charge in [-0.3, -0.25) is 4.79 Å². The predicted molar refractivity (Wildman–Crippen MR) is 93.1 cm³/mol. The zero-order valence-electron chi connectivity index (χ0n) is 15.3. The summed E-state index contributed by atoms with van der Waals surface area (Å²) in [7, 11) is 1.65. The zero-order chi connectivity index (χ0) is 18.0. The van der Waals surface area contributed by atoms with Crippen LogP contribution in [0.5, 0.6) is 5.75 Å². The van der Waals surface area contributed by atoms with Crippen LogP contribution >= 0.6 is 0 Å². The molecule has 0 unspecified atom stereocenters. The van der Waals surface area contributed by atoms with E-state index in [2.05, 4.69) is 15.5 Å². The lowest BCUT2D eigenvalue weighted by Crippen LogP contribution is -2.36. The molecule has 0 atom stereocenters. The van der Waals surface area contributed by atoms with Crippen molar-refractivity contribution in [3.05, 3.63) is 35.7 Å². The number of tetrazole rings is 1. The summed E-state index contributed by atoms with van der Waals surface area (Å²) in [4.78, 5) is 14.8. The zero-order valence-corrected chi connectivity index (χ0v) is 15.3. The Labute approximate surface area is 148 Å². The van der Waals surface area contributed by atoms with Crippen LogP contribution in [-0.4, -0.2) is 44.2 Å². The van der Waals surface area contributed by atoms with Gasteiger partial charge in [-0.15, -0.1) is 5.10 Å². The summed E-state index contributed by atoms with van der Waals surface area (Å²) in [6, 6.07) is 8.16. The Morgan fingerprint density at radius 2 is 1.96 bits per heavy atom. The summed E-state index contributed by atoms with van der Waals surface area (Å²) >= 11 is 0. The highest BCUT2D eigenvalue weighted by atomic mass is 16.5. The summed E-state index contributed by atoms with van der Waals surface area (Å²) in [5.41, 5.74) is 0.887. The molecule has 0 aliphatic heterocycles. The predicted octanol–water partition coefficient (Wildman–Crippen LogP) is 2.17. The van der Waals surface area contributed by atoms with E-state index >= 15 is 0 Å². The Hall–Kier alpha value is -2.44.